The van der Waals surface area contributed by atoms with Gasteiger partial charge in [0, 0.05) is 40.5 Å². The quantitative estimate of drug-likeness (QED) is 0.696. The van der Waals surface area contributed by atoms with Gasteiger partial charge in [-0.2, -0.15) is 0 Å². The van der Waals surface area contributed by atoms with Crippen molar-refractivity contribution in [1.82, 2.24) is 19.8 Å². The molecule has 29 heavy (non-hydrogen) atoms. The van der Waals surface area contributed by atoms with Gasteiger partial charge in [-0.15, -0.1) is 0 Å². The second-order valence-corrected chi connectivity index (χ2v) is 7.32. The fraction of sp³-hybridized carbons (Fsp3) is 0.391. The molecule has 1 aliphatic heterocycles. The Morgan fingerprint density at radius 1 is 1.24 bits per heavy atom. The zero-order valence-corrected chi connectivity index (χ0v) is 16.5. The van der Waals surface area contributed by atoms with Crippen LogP contribution >= 0.6 is 0 Å². The molecule has 0 spiro atoms. The van der Waals surface area contributed by atoms with Gasteiger partial charge in [0.1, 0.15) is 5.82 Å². The minimum Gasteiger partial charge on any atom is -0.378 e. The molecule has 1 saturated heterocycles. The Morgan fingerprint density at radius 2 is 2.07 bits per heavy atom. The highest BCUT2D eigenvalue weighted by Crippen LogP contribution is 2.24. The summed E-state index contributed by atoms with van der Waals surface area (Å²) in [4.78, 5) is 19.0. The van der Waals surface area contributed by atoms with Crippen LogP contribution in [0, 0.1) is 0 Å². The Balaban J connectivity index is 1.49. The van der Waals surface area contributed by atoms with E-state index in [2.05, 4.69) is 10.3 Å². The number of nitrogens with zero attached hydrogens (tertiary/aromatic N) is 3. The van der Waals surface area contributed by atoms with Crippen LogP contribution in [0.25, 0.3) is 16.7 Å². The number of carbonyl (C=O) groups excluding carboxylic acids is 1. The van der Waals surface area contributed by atoms with E-state index in [1.807, 2.05) is 54.0 Å². The summed E-state index contributed by atoms with van der Waals surface area (Å²) in [6.07, 6.45) is 4.72. The monoisotopic (exact) mass is 395 g/mol. The van der Waals surface area contributed by atoms with Crippen molar-refractivity contribution in [3.05, 3.63) is 60.4 Å². The van der Waals surface area contributed by atoms with Gasteiger partial charge in [-0.05, 0) is 38.0 Å². The van der Waals surface area contributed by atoms with Crippen molar-refractivity contribution in [3.8, 4) is 5.82 Å². The zero-order valence-electron chi connectivity index (χ0n) is 19.5. The molecule has 0 aliphatic carbocycles. The number of likely N-dealkylation sites (N-methyl/N-ethyl adjacent to an activating group) is 1. The smallest absolute Gasteiger partial charge is 0.253 e. The van der Waals surface area contributed by atoms with Crippen LogP contribution in [-0.4, -0.2) is 59.2 Å². The van der Waals surface area contributed by atoms with Crippen LogP contribution in [-0.2, 0) is 4.74 Å². The number of hydrogen-bond acceptors (Lipinski definition) is 4. The molecule has 6 heteroatoms. The maximum absolute atomic E-state index is 13.0. The van der Waals surface area contributed by atoms with Crippen LogP contribution in [0.4, 0.5) is 0 Å². The molecular weight excluding hydrogens is 364 g/mol. The number of carbonyl (C=O) groups is 1. The van der Waals surface area contributed by atoms with Crippen LogP contribution in [0.2, 0.25) is 0 Å². The fourth-order valence-electron chi connectivity index (χ4n) is 3.83. The largest absolute Gasteiger partial charge is 0.378 e. The molecular formula is C23H28N4O2. The average Bonchev–Trinajstić information content (AvgIpc) is 3.18. The highest BCUT2D eigenvalue weighted by Gasteiger charge is 2.26. The van der Waals surface area contributed by atoms with Gasteiger partial charge in [0.25, 0.3) is 5.91 Å². The fourth-order valence-corrected chi connectivity index (χ4v) is 3.83. The SMILES string of the molecule is [2H]C([2H])([2H])N1[C@@H](CC)COC[C@@H]1CCNC(=O)c1cn(-c2ccccn2)c2ccccc12. The lowest BCUT2D eigenvalue weighted by atomic mass is 10.1. The number of nitrogens with one attached hydrogen (secondary N) is 1. The van der Waals surface area contributed by atoms with Crippen molar-refractivity contribution in [2.75, 3.05) is 26.7 Å². The Hall–Kier alpha value is -2.70. The minimum atomic E-state index is -2.19. The maximum atomic E-state index is 13.0. The molecule has 1 fully saturated rings. The van der Waals surface area contributed by atoms with Gasteiger partial charge >= 0.3 is 0 Å². The molecule has 4 rings (SSSR count). The number of ether oxygens (including phenoxy) is 1. The highest BCUT2D eigenvalue weighted by molar-refractivity contribution is 6.07. The highest BCUT2D eigenvalue weighted by atomic mass is 16.5. The van der Waals surface area contributed by atoms with Gasteiger partial charge in [0.05, 0.1) is 24.3 Å². The third kappa shape index (κ3) is 4.04. The van der Waals surface area contributed by atoms with E-state index in [9.17, 15) is 4.79 Å². The summed E-state index contributed by atoms with van der Waals surface area (Å²) in [6, 6.07) is 12.9. The third-order valence-corrected chi connectivity index (χ3v) is 5.49. The summed E-state index contributed by atoms with van der Waals surface area (Å²) < 4.78 is 31.3. The number of morpholine rings is 1. The molecule has 3 heterocycles. The summed E-state index contributed by atoms with van der Waals surface area (Å²) in [5.74, 6) is 0.543. The first kappa shape index (κ1) is 16.1. The van der Waals surface area contributed by atoms with Crippen LogP contribution in [0.1, 0.15) is 34.2 Å². The second-order valence-electron chi connectivity index (χ2n) is 7.32. The normalized spacial score (nSPS) is 22.0. The van der Waals surface area contributed by atoms with Crippen molar-refractivity contribution >= 4 is 16.8 Å². The van der Waals surface area contributed by atoms with Crippen molar-refractivity contribution < 1.29 is 13.6 Å². The van der Waals surface area contributed by atoms with E-state index in [0.29, 0.717) is 38.2 Å². The van der Waals surface area contributed by atoms with E-state index in [0.717, 1.165) is 16.7 Å². The molecule has 2 atom stereocenters. The number of hydrogen-bond donors (Lipinski definition) is 1. The second kappa shape index (κ2) is 8.76. The maximum Gasteiger partial charge on any atom is 0.253 e. The first-order valence-electron chi connectivity index (χ1n) is 11.6. The van der Waals surface area contributed by atoms with Gasteiger partial charge in [0.15, 0.2) is 0 Å². The Bertz CT molecular complexity index is 1070. The Labute approximate surface area is 175 Å². The standard InChI is InChI=1S/C23H28N4O2/c1-3-17-15-29-16-18(26(17)2)11-13-25-23(28)20-14-27(22-10-6-7-12-24-22)21-9-5-4-8-19(20)21/h4-10,12,14,17-18H,3,11,13,15-16H2,1-2H3,(H,25,28)/t17-,18-/m0/s1/i2D3. The Kier molecular flexibility index (Phi) is 4.87. The number of pyridine rings is 1. The molecule has 0 unspecified atom stereocenters. The van der Waals surface area contributed by atoms with Gasteiger partial charge in [0.2, 0.25) is 0 Å². The number of rotatable bonds is 6. The molecule has 3 aromatic rings. The van der Waals surface area contributed by atoms with Gasteiger partial charge in [-0.3, -0.25) is 9.69 Å². The molecule has 0 bridgehead atoms. The topological polar surface area (TPSA) is 59.4 Å². The third-order valence-electron chi connectivity index (χ3n) is 5.49. The average molecular weight is 396 g/mol. The molecule has 1 amide bonds. The van der Waals surface area contributed by atoms with E-state index in [1.165, 1.54) is 0 Å². The summed E-state index contributed by atoms with van der Waals surface area (Å²) >= 11 is 0. The van der Waals surface area contributed by atoms with Crippen LogP contribution < -0.4 is 5.32 Å². The van der Waals surface area contributed by atoms with Gasteiger partial charge in [-0.25, -0.2) is 4.98 Å². The summed E-state index contributed by atoms with van der Waals surface area (Å²) in [7, 11) is 0. The van der Waals surface area contributed by atoms with Crippen LogP contribution in [0.15, 0.2) is 54.9 Å². The summed E-state index contributed by atoms with van der Waals surface area (Å²) in [6.45, 7) is 0.914. The molecule has 1 aliphatic rings. The van der Waals surface area contributed by atoms with Crippen molar-refractivity contribution in [2.45, 2.75) is 31.8 Å². The van der Waals surface area contributed by atoms with E-state index in [-0.39, 0.29) is 18.0 Å². The number of benzene rings is 1. The van der Waals surface area contributed by atoms with Crippen LogP contribution in [0.5, 0.6) is 0 Å². The molecule has 6 nitrogen and oxygen atoms in total. The lowest BCUT2D eigenvalue weighted by Crippen LogP contribution is -2.50. The summed E-state index contributed by atoms with van der Waals surface area (Å²) in [5.41, 5.74) is 1.46. The number of para-hydroxylation sites is 1. The molecule has 0 radical (unpaired) electrons. The van der Waals surface area contributed by atoms with E-state index < -0.39 is 6.98 Å². The minimum absolute atomic E-state index is 0.145. The molecule has 0 saturated carbocycles. The van der Waals surface area contributed by atoms with Gasteiger partial charge in [-0.1, -0.05) is 31.2 Å². The predicted molar refractivity (Wildman–Crippen MR) is 114 cm³/mol. The lowest BCUT2D eigenvalue weighted by molar-refractivity contribution is -0.0389. The number of aromatic nitrogens is 2. The molecule has 152 valence electrons. The number of fused-ring (bicyclic) bond motifs is 1. The van der Waals surface area contributed by atoms with Crippen LogP contribution in [0.3, 0.4) is 0 Å². The zero-order chi connectivity index (χ0) is 22.7. The number of amides is 1. The molecule has 2 aromatic heterocycles. The van der Waals surface area contributed by atoms with E-state index >= 15 is 0 Å². The molecule has 1 aromatic carbocycles. The first-order chi connectivity index (χ1) is 15.4. The van der Waals surface area contributed by atoms with E-state index in [1.54, 1.807) is 17.3 Å². The molecule has 1 N–H and O–H groups in total. The predicted octanol–water partition coefficient (Wildman–Crippen LogP) is 3.25. The van der Waals surface area contributed by atoms with Crippen molar-refractivity contribution in [1.29, 1.82) is 0 Å². The first-order valence-corrected chi connectivity index (χ1v) is 10.1. The van der Waals surface area contributed by atoms with Crippen molar-refractivity contribution in [2.24, 2.45) is 0 Å². The Morgan fingerprint density at radius 3 is 2.86 bits per heavy atom. The van der Waals surface area contributed by atoms with Gasteiger partial charge < -0.3 is 14.6 Å². The summed E-state index contributed by atoms with van der Waals surface area (Å²) in [5, 5.41) is 3.81. The van der Waals surface area contributed by atoms with E-state index in [4.69, 9.17) is 8.85 Å². The lowest BCUT2D eigenvalue weighted by Gasteiger charge is -2.39. The van der Waals surface area contributed by atoms with Crippen molar-refractivity contribution in [3.63, 3.8) is 0 Å².